The minimum atomic E-state index is -1.14. The number of amides is 3. The molecule has 0 saturated carbocycles. The van der Waals surface area contributed by atoms with Gasteiger partial charge in [0.15, 0.2) is 0 Å². The van der Waals surface area contributed by atoms with Gasteiger partial charge in [0, 0.05) is 36.5 Å². The van der Waals surface area contributed by atoms with Gasteiger partial charge >= 0.3 is 0 Å². The van der Waals surface area contributed by atoms with E-state index in [9.17, 15) is 14.4 Å². The van der Waals surface area contributed by atoms with Gasteiger partial charge in [-0.25, -0.2) is 0 Å². The molecule has 7 heteroatoms. The van der Waals surface area contributed by atoms with E-state index in [-0.39, 0.29) is 17.7 Å². The molecular weight excluding hydrogens is 452 g/mol. The minimum Gasteiger partial charge on any atom is -0.368 e. The van der Waals surface area contributed by atoms with Gasteiger partial charge in [0.1, 0.15) is 11.6 Å². The number of nitrogens with zero attached hydrogens (tertiary/aromatic N) is 1. The minimum absolute atomic E-state index is 0.161. The third-order valence-electron chi connectivity index (χ3n) is 7.26. The molecule has 0 aliphatic heterocycles. The van der Waals surface area contributed by atoms with Crippen molar-refractivity contribution in [3.63, 3.8) is 0 Å². The molecule has 1 aliphatic carbocycles. The zero-order valence-corrected chi connectivity index (χ0v) is 21.3. The number of rotatable bonds is 9. The predicted octanol–water partition coefficient (Wildman–Crippen LogP) is 3.26. The molecule has 0 fully saturated rings. The third kappa shape index (κ3) is 5.15. The molecule has 3 amide bonds. The lowest BCUT2D eigenvalue weighted by atomic mass is 9.78. The number of fused-ring (bicyclic) bond motifs is 3. The van der Waals surface area contributed by atoms with Crippen LogP contribution in [0, 0.1) is 5.92 Å². The molecule has 0 spiro atoms. The fourth-order valence-corrected chi connectivity index (χ4v) is 5.51. The molecule has 4 N–H and O–H groups in total. The third-order valence-corrected chi connectivity index (χ3v) is 7.26. The van der Waals surface area contributed by atoms with Gasteiger partial charge in [0.25, 0.3) is 0 Å². The number of benzene rings is 2. The van der Waals surface area contributed by atoms with Crippen LogP contribution in [0.3, 0.4) is 0 Å². The quantitative estimate of drug-likeness (QED) is 0.430. The fourth-order valence-electron chi connectivity index (χ4n) is 5.51. The van der Waals surface area contributed by atoms with Crippen LogP contribution in [-0.4, -0.2) is 33.9 Å². The van der Waals surface area contributed by atoms with E-state index in [1.54, 1.807) is 0 Å². The highest BCUT2D eigenvalue weighted by Gasteiger charge is 2.45. The summed E-state index contributed by atoms with van der Waals surface area (Å²) in [5.74, 6) is -1.38. The topological polar surface area (TPSA) is 106 Å². The van der Waals surface area contributed by atoms with E-state index in [1.165, 1.54) is 18.2 Å². The van der Waals surface area contributed by atoms with Crippen molar-refractivity contribution in [3.05, 3.63) is 71.4 Å². The van der Waals surface area contributed by atoms with E-state index in [4.69, 9.17) is 5.73 Å². The van der Waals surface area contributed by atoms with Crippen LogP contribution in [0.15, 0.2) is 54.6 Å². The summed E-state index contributed by atoms with van der Waals surface area (Å²) in [5.41, 5.74) is 9.18. The van der Waals surface area contributed by atoms with Crippen molar-refractivity contribution < 1.29 is 14.4 Å². The zero-order chi connectivity index (χ0) is 25.9. The lowest BCUT2D eigenvalue weighted by molar-refractivity contribution is -0.136. The fraction of sp³-hybridized carbons (Fsp3) is 0.414. The Morgan fingerprint density at radius 3 is 2.42 bits per heavy atom. The number of hydrogen-bond donors (Lipinski definition) is 3. The van der Waals surface area contributed by atoms with Gasteiger partial charge < -0.3 is 20.9 Å². The number of carbonyl (C=O) groups excluding carboxylic acids is 3. The maximum atomic E-state index is 13.6. The first-order valence-corrected chi connectivity index (χ1v) is 12.7. The van der Waals surface area contributed by atoms with Gasteiger partial charge in [0.2, 0.25) is 17.7 Å². The Hall–Kier alpha value is -3.61. The van der Waals surface area contributed by atoms with Gasteiger partial charge in [0.05, 0.1) is 0 Å². The Labute approximate surface area is 212 Å². The number of nitrogens with two attached hydrogens (primary N) is 1. The SMILES string of the molecule is CC(=O)N[C@@]1(C(=O)N[C@H](C(N)=O)C(C)C)CCc2c(c3ccccc3n2CCCc2ccccc2)C1. The first-order chi connectivity index (χ1) is 17.2. The number of carbonyl (C=O) groups is 3. The van der Waals surface area contributed by atoms with E-state index in [1.807, 2.05) is 32.0 Å². The molecule has 7 nitrogen and oxygen atoms in total. The number of aromatic nitrogens is 1. The monoisotopic (exact) mass is 488 g/mol. The Balaban J connectivity index is 1.66. The molecule has 4 rings (SSSR count). The molecule has 0 saturated heterocycles. The molecule has 0 radical (unpaired) electrons. The molecular formula is C29H36N4O3. The zero-order valence-electron chi connectivity index (χ0n) is 21.3. The van der Waals surface area contributed by atoms with Crippen molar-refractivity contribution in [2.24, 2.45) is 11.7 Å². The van der Waals surface area contributed by atoms with Crippen molar-refractivity contribution in [2.45, 2.75) is 71.0 Å². The Bertz CT molecular complexity index is 1260. The van der Waals surface area contributed by atoms with Crippen molar-refractivity contribution in [1.29, 1.82) is 0 Å². The van der Waals surface area contributed by atoms with Gasteiger partial charge in [-0.2, -0.15) is 0 Å². The number of aryl methyl sites for hydroxylation is 2. The average molecular weight is 489 g/mol. The van der Waals surface area contributed by atoms with Gasteiger partial charge in [-0.3, -0.25) is 14.4 Å². The van der Waals surface area contributed by atoms with Gasteiger partial charge in [-0.05, 0) is 48.8 Å². The standard InChI is InChI=1S/C29H36N4O3/c1-19(2)26(27(30)35)31-28(36)29(32-20(3)34)16-15-25-23(18-29)22-13-7-8-14-24(22)33(25)17-9-12-21-10-5-4-6-11-21/h4-8,10-11,13-14,19,26H,9,12,15-18H2,1-3H3,(H2,30,35)(H,31,36)(H,32,34)/t26-,29-/m0/s1. The largest absolute Gasteiger partial charge is 0.368 e. The highest BCUT2D eigenvalue weighted by Crippen LogP contribution is 2.37. The van der Waals surface area contributed by atoms with Crippen LogP contribution in [-0.2, 0) is 40.2 Å². The Morgan fingerprint density at radius 1 is 1.06 bits per heavy atom. The molecule has 2 aromatic carbocycles. The summed E-state index contributed by atoms with van der Waals surface area (Å²) < 4.78 is 2.38. The molecule has 1 aliphatic rings. The van der Waals surface area contributed by atoms with E-state index in [0.29, 0.717) is 19.3 Å². The van der Waals surface area contributed by atoms with Crippen LogP contribution in [0.1, 0.15) is 50.4 Å². The molecule has 36 heavy (non-hydrogen) atoms. The van der Waals surface area contributed by atoms with E-state index < -0.39 is 17.5 Å². The maximum absolute atomic E-state index is 13.6. The van der Waals surface area contributed by atoms with Crippen LogP contribution >= 0.6 is 0 Å². The molecule has 2 atom stereocenters. The predicted molar refractivity (Wildman–Crippen MR) is 141 cm³/mol. The molecule has 3 aromatic rings. The summed E-state index contributed by atoms with van der Waals surface area (Å²) in [6.07, 6.45) is 3.45. The van der Waals surface area contributed by atoms with Crippen LogP contribution in [0.2, 0.25) is 0 Å². The number of para-hydroxylation sites is 1. The first-order valence-electron chi connectivity index (χ1n) is 12.7. The lowest BCUT2D eigenvalue weighted by Crippen LogP contribution is -2.64. The highest BCUT2D eigenvalue weighted by atomic mass is 16.2. The van der Waals surface area contributed by atoms with Crippen LogP contribution in [0.4, 0.5) is 0 Å². The summed E-state index contributed by atoms with van der Waals surface area (Å²) in [6, 6.07) is 17.9. The van der Waals surface area contributed by atoms with Crippen molar-refractivity contribution in [1.82, 2.24) is 15.2 Å². The molecule has 0 unspecified atom stereocenters. The smallest absolute Gasteiger partial charge is 0.246 e. The van der Waals surface area contributed by atoms with Crippen molar-refractivity contribution in [2.75, 3.05) is 0 Å². The summed E-state index contributed by atoms with van der Waals surface area (Å²) in [7, 11) is 0. The number of nitrogens with one attached hydrogen (secondary N) is 2. The molecule has 190 valence electrons. The number of primary amides is 1. The summed E-state index contributed by atoms with van der Waals surface area (Å²) in [5, 5.41) is 6.88. The van der Waals surface area contributed by atoms with Crippen LogP contribution in [0.5, 0.6) is 0 Å². The second-order valence-corrected chi connectivity index (χ2v) is 10.2. The molecule has 1 aromatic heterocycles. The van der Waals surface area contributed by atoms with Crippen molar-refractivity contribution >= 4 is 28.6 Å². The Kier molecular flexibility index (Phi) is 7.48. The first kappa shape index (κ1) is 25.5. The summed E-state index contributed by atoms with van der Waals surface area (Å²) in [6.45, 7) is 5.97. The van der Waals surface area contributed by atoms with Crippen molar-refractivity contribution in [3.8, 4) is 0 Å². The van der Waals surface area contributed by atoms with E-state index in [0.717, 1.165) is 35.9 Å². The van der Waals surface area contributed by atoms with Crippen LogP contribution in [0.25, 0.3) is 10.9 Å². The average Bonchev–Trinajstić information content (AvgIpc) is 3.15. The van der Waals surface area contributed by atoms with E-state index >= 15 is 0 Å². The summed E-state index contributed by atoms with van der Waals surface area (Å²) >= 11 is 0. The lowest BCUT2D eigenvalue weighted by Gasteiger charge is -2.38. The highest BCUT2D eigenvalue weighted by molar-refractivity contribution is 5.96. The number of hydrogen-bond acceptors (Lipinski definition) is 3. The molecule has 1 heterocycles. The van der Waals surface area contributed by atoms with Gasteiger partial charge in [-0.15, -0.1) is 0 Å². The maximum Gasteiger partial charge on any atom is 0.246 e. The Morgan fingerprint density at radius 2 is 1.75 bits per heavy atom. The summed E-state index contributed by atoms with van der Waals surface area (Å²) in [4.78, 5) is 37.8. The van der Waals surface area contributed by atoms with E-state index in [2.05, 4.69) is 51.6 Å². The van der Waals surface area contributed by atoms with Crippen LogP contribution < -0.4 is 16.4 Å². The molecule has 0 bridgehead atoms. The normalized spacial score (nSPS) is 18.0. The second-order valence-electron chi connectivity index (χ2n) is 10.2. The van der Waals surface area contributed by atoms with Gasteiger partial charge in [-0.1, -0.05) is 62.4 Å². The second kappa shape index (κ2) is 10.6.